The second-order valence-corrected chi connectivity index (χ2v) is 9.99. The number of fused-ring (bicyclic) bond motifs is 1. The van der Waals surface area contributed by atoms with E-state index in [2.05, 4.69) is 5.32 Å². The lowest BCUT2D eigenvalue weighted by molar-refractivity contribution is -0.115. The molecule has 4 aromatic rings. The lowest BCUT2D eigenvalue weighted by Crippen LogP contribution is -2.29. The minimum atomic E-state index is -0.426. The zero-order valence-electron chi connectivity index (χ0n) is 19.1. The number of anilines is 1. The zero-order valence-corrected chi connectivity index (χ0v) is 19.9. The zero-order chi connectivity index (χ0) is 23.5. The van der Waals surface area contributed by atoms with Crippen molar-refractivity contribution in [1.29, 1.82) is 0 Å². The Bertz CT molecular complexity index is 1380. The van der Waals surface area contributed by atoms with Gasteiger partial charge < -0.3 is 5.32 Å². The van der Waals surface area contributed by atoms with Crippen molar-refractivity contribution in [3.63, 3.8) is 0 Å². The van der Waals surface area contributed by atoms with E-state index >= 15 is 0 Å². The molecule has 6 heteroatoms. The maximum absolute atomic E-state index is 13.4. The second-order valence-electron chi connectivity index (χ2n) is 8.69. The topological polar surface area (TPSA) is 64.0 Å². The van der Waals surface area contributed by atoms with Crippen molar-refractivity contribution in [3.05, 3.63) is 89.2 Å². The first kappa shape index (κ1) is 22.4. The molecule has 0 aliphatic heterocycles. The van der Waals surface area contributed by atoms with E-state index in [1.54, 1.807) is 0 Å². The average Bonchev–Trinajstić information content (AvgIpc) is 3.39. The van der Waals surface area contributed by atoms with E-state index < -0.39 is 5.25 Å². The third-order valence-corrected chi connectivity index (χ3v) is 7.45. The average molecular weight is 470 g/mol. The van der Waals surface area contributed by atoms with Crippen LogP contribution in [0.2, 0.25) is 0 Å². The third kappa shape index (κ3) is 4.50. The van der Waals surface area contributed by atoms with Gasteiger partial charge in [0.1, 0.15) is 0 Å². The van der Waals surface area contributed by atoms with Crippen LogP contribution in [0.4, 0.5) is 5.69 Å². The molecular formula is C28H27N3O2S. The molecule has 0 saturated heterocycles. The van der Waals surface area contributed by atoms with Crippen molar-refractivity contribution >= 4 is 34.3 Å². The second kappa shape index (κ2) is 9.85. The highest BCUT2D eigenvalue weighted by Gasteiger charge is 2.26. The minimum Gasteiger partial charge on any atom is -0.325 e. The molecule has 1 amide bonds. The summed E-state index contributed by atoms with van der Waals surface area (Å²) in [4.78, 5) is 31.4. The number of thioether (sulfide) groups is 1. The van der Waals surface area contributed by atoms with Gasteiger partial charge in [0.05, 0.1) is 16.2 Å². The van der Waals surface area contributed by atoms with Crippen molar-refractivity contribution in [2.75, 3.05) is 5.32 Å². The molecule has 1 aliphatic carbocycles. The molecule has 34 heavy (non-hydrogen) atoms. The SMILES string of the molecule is C[C@@H](Sc1nc2ccccc2c(=O)n1C1CCCC1)C(=O)Nc1ccccc1-c1ccccc1. The van der Waals surface area contributed by atoms with Gasteiger partial charge in [0.25, 0.3) is 5.56 Å². The number of para-hydroxylation sites is 2. The number of carbonyl (C=O) groups is 1. The van der Waals surface area contributed by atoms with Gasteiger partial charge in [-0.05, 0) is 43.5 Å². The van der Waals surface area contributed by atoms with E-state index in [9.17, 15) is 9.59 Å². The van der Waals surface area contributed by atoms with Crippen LogP contribution in [0.15, 0.2) is 88.8 Å². The van der Waals surface area contributed by atoms with Crippen molar-refractivity contribution < 1.29 is 4.79 Å². The van der Waals surface area contributed by atoms with E-state index in [0.29, 0.717) is 16.1 Å². The number of nitrogens with zero attached hydrogens (tertiary/aromatic N) is 2. The number of aromatic nitrogens is 2. The molecule has 0 radical (unpaired) electrons. The Kier molecular flexibility index (Phi) is 6.50. The summed E-state index contributed by atoms with van der Waals surface area (Å²) in [5.41, 5.74) is 3.45. The van der Waals surface area contributed by atoms with Gasteiger partial charge in [-0.15, -0.1) is 0 Å². The van der Waals surface area contributed by atoms with Crippen LogP contribution in [-0.2, 0) is 4.79 Å². The fourth-order valence-corrected chi connectivity index (χ4v) is 5.58. The van der Waals surface area contributed by atoms with Gasteiger partial charge in [-0.1, -0.05) is 85.3 Å². The lowest BCUT2D eigenvalue weighted by Gasteiger charge is -2.21. The Morgan fingerprint density at radius 1 is 0.971 bits per heavy atom. The molecule has 5 nitrogen and oxygen atoms in total. The summed E-state index contributed by atoms with van der Waals surface area (Å²) in [5, 5.41) is 3.92. The third-order valence-electron chi connectivity index (χ3n) is 6.39. The molecule has 1 N–H and O–H groups in total. The maximum atomic E-state index is 13.4. The molecule has 1 aliphatic rings. The molecule has 3 aromatic carbocycles. The normalized spacial score (nSPS) is 14.9. The van der Waals surface area contributed by atoms with Crippen LogP contribution in [0.1, 0.15) is 38.6 Å². The van der Waals surface area contributed by atoms with E-state index in [-0.39, 0.29) is 17.5 Å². The summed E-state index contributed by atoms with van der Waals surface area (Å²) in [5.74, 6) is -0.117. The molecule has 1 atom stereocenters. The van der Waals surface area contributed by atoms with Crippen LogP contribution in [0.3, 0.4) is 0 Å². The summed E-state index contributed by atoms with van der Waals surface area (Å²) >= 11 is 1.35. The molecule has 1 heterocycles. The Balaban J connectivity index is 1.43. The van der Waals surface area contributed by atoms with Crippen LogP contribution in [-0.4, -0.2) is 20.7 Å². The summed E-state index contributed by atoms with van der Waals surface area (Å²) < 4.78 is 1.84. The smallest absolute Gasteiger partial charge is 0.262 e. The van der Waals surface area contributed by atoms with Gasteiger partial charge in [0.2, 0.25) is 5.91 Å². The van der Waals surface area contributed by atoms with Crippen molar-refractivity contribution in [2.24, 2.45) is 0 Å². The fraction of sp³-hybridized carbons (Fsp3) is 0.250. The molecule has 1 fully saturated rings. The number of amides is 1. The van der Waals surface area contributed by atoms with E-state index in [1.165, 1.54) is 11.8 Å². The highest BCUT2D eigenvalue weighted by Crippen LogP contribution is 2.34. The summed E-state index contributed by atoms with van der Waals surface area (Å²) in [6.45, 7) is 1.87. The predicted octanol–water partition coefficient (Wildman–Crippen LogP) is 6.30. The largest absolute Gasteiger partial charge is 0.325 e. The molecule has 0 spiro atoms. The first-order valence-corrected chi connectivity index (χ1v) is 12.6. The van der Waals surface area contributed by atoms with Gasteiger partial charge in [-0.3, -0.25) is 14.2 Å². The number of benzene rings is 3. The minimum absolute atomic E-state index is 0.0120. The van der Waals surface area contributed by atoms with Gasteiger partial charge in [-0.25, -0.2) is 4.98 Å². The van der Waals surface area contributed by atoms with Gasteiger partial charge in [-0.2, -0.15) is 0 Å². The fourth-order valence-electron chi connectivity index (χ4n) is 4.60. The Hall–Kier alpha value is -3.38. The first-order valence-electron chi connectivity index (χ1n) is 11.7. The number of carbonyl (C=O) groups excluding carboxylic acids is 1. The van der Waals surface area contributed by atoms with Crippen LogP contribution >= 0.6 is 11.8 Å². The van der Waals surface area contributed by atoms with E-state index in [0.717, 1.165) is 42.5 Å². The molecular weight excluding hydrogens is 442 g/mol. The first-order chi connectivity index (χ1) is 16.6. The number of nitrogens with one attached hydrogen (secondary N) is 1. The van der Waals surface area contributed by atoms with E-state index in [4.69, 9.17) is 4.98 Å². The quantitative estimate of drug-likeness (QED) is 0.266. The van der Waals surface area contributed by atoms with E-state index in [1.807, 2.05) is 90.4 Å². The standard InChI is InChI=1S/C28H27N3O2S/c1-19(26(32)29-24-17-9-7-15-22(24)20-11-3-2-4-12-20)34-28-30-25-18-10-8-16-23(25)27(33)31(28)21-13-5-6-14-21/h2-4,7-12,15-19,21H,5-6,13-14H2,1H3,(H,29,32)/t19-/m1/s1. The molecule has 5 rings (SSSR count). The highest BCUT2D eigenvalue weighted by molar-refractivity contribution is 8.00. The predicted molar refractivity (Wildman–Crippen MR) is 139 cm³/mol. The number of rotatable bonds is 6. The van der Waals surface area contributed by atoms with Crippen molar-refractivity contribution in [3.8, 4) is 11.1 Å². The van der Waals surface area contributed by atoms with Crippen molar-refractivity contribution in [1.82, 2.24) is 9.55 Å². The summed E-state index contributed by atoms with van der Waals surface area (Å²) in [6.07, 6.45) is 4.16. The summed E-state index contributed by atoms with van der Waals surface area (Å²) in [6, 6.07) is 25.4. The Morgan fingerprint density at radius 3 is 2.44 bits per heavy atom. The lowest BCUT2D eigenvalue weighted by atomic mass is 10.0. The number of hydrogen-bond acceptors (Lipinski definition) is 4. The summed E-state index contributed by atoms with van der Waals surface area (Å²) in [7, 11) is 0. The molecule has 1 saturated carbocycles. The number of hydrogen-bond donors (Lipinski definition) is 1. The van der Waals surface area contributed by atoms with Crippen LogP contribution in [0.25, 0.3) is 22.0 Å². The van der Waals surface area contributed by atoms with Crippen LogP contribution < -0.4 is 10.9 Å². The van der Waals surface area contributed by atoms with Crippen molar-refractivity contribution in [2.45, 2.75) is 49.1 Å². The van der Waals surface area contributed by atoms with Gasteiger partial charge >= 0.3 is 0 Å². The maximum Gasteiger partial charge on any atom is 0.262 e. The van der Waals surface area contributed by atoms with Crippen LogP contribution in [0, 0.1) is 0 Å². The Morgan fingerprint density at radius 2 is 1.65 bits per heavy atom. The van der Waals surface area contributed by atoms with Gasteiger partial charge in [0, 0.05) is 17.3 Å². The molecule has 172 valence electrons. The highest BCUT2D eigenvalue weighted by atomic mass is 32.2. The molecule has 0 bridgehead atoms. The Labute approximate surface area is 203 Å². The molecule has 0 unspecified atom stereocenters. The van der Waals surface area contributed by atoms with Gasteiger partial charge in [0.15, 0.2) is 5.16 Å². The monoisotopic (exact) mass is 469 g/mol. The van der Waals surface area contributed by atoms with Crippen LogP contribution in [0.5, 0.6) is 0 Å². The molecule has 1 aromatic heterocycles.